The highest BCUT2D eigenvalue weighted by Gasteiger charge is 2.15. The maximum atomic E-state index is 12.8. The Morgan fingerprint density at radius 3 is 2.65 bits per heavy atom. The van der Waals surface area contributed by atoms with Crippen molar-refractivity contribution in [2.24, 2.45) is 0 Å². The van der Waals surface area contributed by atoms with E-state index in [1.165, 1.54) is 24.3 Å². The first kappa shape index (κ1) is 19.4. The molecular weight excluding hydrogens is 365 g/mol. The second-order valence-corrected chi connectivity index (χ2v) is 5.87. The van der Waals surface area contributed by atoms with Crippen molar-refractivity contribution in [3.8, 4) is 0 Å². The molecule has 11 heteroatoms. The number of halogens is 1. The molecule has 2 aromatic rings. The van der Waals surface area contributed by atoms with Crippen molar-refractivity contribution >= 4 is 29.3 Å². The molecule has 1 aromatic heterocycles. The molecule has 0 radical (unpaired) electrons. The van der Waals surface area contributed by atoms with E-state index in [9.17, 15) is 18.8 Å². The molecule has 2 rings (SSSR count). The number of anilines is 1. The standard InChI is InChI=1S/C15H16FN5O4S/c1-2-25-13(23)7-11-14(24)21(17)15(20-19-11)26-8-12(22)18-10-5-3-9(16)4-6-10/h3-6H,2,7-8,17H2,1H3,(H,18,22). The Morgan fingerprint density at radius 1 is 1.31 bits per heavy atom. The monoisotopic (exact) mass is 381 g/mol. The lowest BCUT2D eigenvalue weighted by atomic mass is 10.3. The number of hydrogen-bond acceptors (Lipinski definition) is 8. The number of hydrogen-bond donors (Lipinski definition) is 2. The van der Waals surface area contributed by atoms with Gasteiger partial charge in [0.15, 0.2) is 0 Å². The molecule has 0 atom stereocenters. The smallest absolute Gasteiger partial charge is 0.312 e. The number of nitrogens with one attached hydrogen (secondary N) is 1. The molecule has 1 aromatic carbocycles. The van der Waals surface area contributed by atoms with E-state index in [4.69, 9.17) is 10.6 Å². The van der Waals surface area contributed by atoms with Gasteiger partial charge < -0.3 is 15.9 Å². The van der Waals surface area contributed by atoms with Gasteiger partial charge in [-0.3, -0.25) is 14.4 Å². The van der Waals surface area contributed by atoms with Gasteiger partial charge in [-0.15, -0.1) is 10.2 Å². The quantitative estimate of drug-likeness (QED) is 0.399. The molecule has 0 bridgehead atoms. The minimum atomic E-state index is -0.700. The highest BCUT2D eigenvalue weighted by atomic mass is 32.2. The topological polar surface area (TPSA) is 129 Å². The zero-order chi connectivity index (χ0) is 19.1. The van der Waals surface area contributed by atoms with Gasteiger partial charge in [0.05, 0.1) is 18.8 Å². The number of carbonyl (C=O) groups excluding carboxylic acids is 2. The van der Waals surface area contributed by atoms with Crippen LogP contribution in [0, 0.1) is 5.82 Å². The number of aromatic nitrogens is 3. The summed E-state index contributed by atoms with van der Waals surface area (Å²) in [4.78, 5) is 35.4. The molecule has 3 N–H and O–H groups in total. The summed E-state index contributed by atoms with van der Waals surface area (Å²) in [5.41, 5.74) is -0.418. The van der Waals surface area contributed by atoms with E-state index in [2.05, 4.69) is 15.5 Å². The lowest BCUT2D eigenvalue weighted by Gasteiger charge is -2.08. The predicted octanol–water partition coefficient (Wildman–Crippen LogP) is 0.328. The van der Waals surface area contributed by atoms with Crippen molar-refractivity contribution in [2.75, 3.05) is 23.5 Å². The lowest BCUT2D eigenvalue weighted by molar-refractivity contribution is -0.142. The highest BCUT2D eigenvalue weighted by molar-refractivity contribution is 7.99. The molecule has 0 saturated heterocycles. The van der Waals surface area contributed by atoms with E-state index in [0.29, 0.717) is 5.69 Å². The normalized spacial score (nSPS) is 10.4. The van der Waals surface area contributed by atoms with Crippen LogP contribution in [-0.4, -0.2) is 39.1 Å². The summed E-state index contributed by atoms with van der Waals surface area (Å²) in [7, 11) is 0. The number of thioether (sulfide) groups is 1. The second-order valence-electron chi connectivity index (χ2n) is 4.93. The van der Waals surface area contributed by atoms with Crippen LogP contribution in [0.2, 0.25) is 0 Å². The number of amides is 1. The van der Waals surface area contributed by atoms with E-state index in [1.54, 1.807) is 6.92 Å². The SMILES string of the molecule is CCOC(=O)Cc1nnc(SCC(=O)Nc2ccc(F)cc2)n(N)c1=O. The van der Waals surface area contributed by atoms with Crippen LogP contribution in [0.25, 0.3) is 0 Å². The summed E-state index contributed by atoms with van der Waals surface area (Å²) in [6, 6.07) is 5.27. The van der Waals surface area contributed by atoms with Crippen LogP contribution in [0.3, 0.4) is 0 Å². The van der Waals surface area contributed by atoms with Crippen molar-refractivity contribution < 1.29 is 18.7 Å². The van der Waals surface area contributed by atoms with Gasteiger partial charge in [0.1, 0.15) is 11.5 Å². The fourth-order valence-electron chi connectivity index (χ4n) is 1.84. The van der Waals surface area contributed by atoms with Gasteiger partial charge in [0.25, 0.3) is 5.56 Å². The Morgan fingerprint density at radius 2 is 2.00 bits per heavy atom. The summed E-state index contributed by atoms with van der Waals surface area (Å²) < 4.78 is 18.3. The summed E-state index contributed by atoms with van der Waals surface area (Å²) in [6.07, 6.45) is -0.340. The molecule has 0 aliphatic heterocycles. The summed E-state index contributed by atoms with van der Waals surface area (Å²) in [5.74, 6) is 4.12. The molecule has 1 amide bonds. The van der Waals surface area contributed by atoms with E-state index in [-0.39, 0.29) is 29.6 Å². The number of rotatable bonds is 7. The van der Waals surface area contributed by atoms with Gasteiger partial charge >= 0.3 is 5.97 Å². The van der Waals surface area contributed by atoms with Crippen LogP contribution in [0.1, 0.15) is 12.6 Å². The van der Waals surface area contributed by atoms with Crippen LogP contribution in [0.4, 0.5) is 10.1 Å². The first-order valence-corrected chi connectivity index (χ1v) is 8.46. The number of ether oxygens (including phenoxy) is 1. The average molecular weight is 381 g/mol. The Labute approximate surface area is 151 Å². The second kappa shape index (κ2) is 8.94. The molecule has 0 aliphatic rings. The molecule has 0 aliphatic carbocycles. The largest absolute Gasteiger partial charge is 0.466 e. The molecule has 0 unspecified atom stereocenters. The Balaban J connectivity index is 1.98. The van der Waals surface area contributed by atoms with Crippen molar-refractivity contribution in [3.63, 3.8) is 0 Å². The molecular formula is C15H16FN5O4S. The zero-order valence-electron chi connectivity index (χ0n) is 13.8. The van der Waals surface area contributed by atoms with Gasteiger partial charge in [-0.1, -0.05) is 11.8 Å². The van der Waals surface area contributed by atoms with Crippen LogP contribution < -0.4 is 16.7 Å². The summed E-state index contributed by atoms with van der Waals surface area (Å²) in [6.45, 7) is 1.82. The van der Waals surface area contributed by atoms with Crippen molar-refractivity contribution in [1.29, 1.82) is 0 Å². The lowest BCUT2D eigenvalue weighted by Crippen LogP contribution is -2.35. The van der Waals surface area contributed by atoms with E-state index in [0.717, 1.165) is 16.4 Å². The predicted molar refractivity (Wildman–Crippen MR) is 92.5 cm³/mol. The van der Waals surface area contributed by atoms with Gasteiger partial charge in [0, 0.05) is 5.69 Å². The van der Waals surface area contributed by atoms with Crippen LogP contribution in [-0.2, 0) is 20.7 Å². The first-order valence-electron chi connectivity index (χ1n) is 7.48. The minimum Gasteiger partial charge on any atom is -0.466 e. The number of carbonyl (C=O) groups is 2. The van der Waals surface area contributed by atoms with Crippen molar-refractivity contribution in [2.45, 2.75) is 18.5 Å². The van der Waals surface area contributed by atoms with Gasteiger partial charge in [-0.05, 0) is 31.2 Å². The summed E-state index contributed by atoms with van der Waals surface area (Å²) in [5, 5.41) is 10.0. The number of esters is 1. The zero-order valence-corrected chi connectivity index (χ0v) is 14.6. The molecule has 1 heterocycles. The van der Waals surface area contributed by atoms with Crippen LogP contribution >= 0.6 is 11.8 Å². The number of nitrogens with zero attached hydrogens (tertiary/aromatic N) is 3. The average Bonchev–Trinajstić information content (AvgIpc) is 2.60. The third kappa shape index (κ3) is 5.28. The van der Waals surface area contributed by atoms with Gasteiger partial charge in [-0.25, -0.2) is 4.39 Å². The first-order chi connectivity index (χ1) is 12.4. The van der Waals surface area contributed by atoms with Crippen LogP contribution in [0.5, 0.6) is 0 Å². The van der Waals surface area contributed by atoms with Crippen LogP contribution in [0.15, 0.2) is 34.2 Å². The number of nitrogen functional groups attached to an aromatic ring is 1. The fourth-order valence-corrected chi connectivity index (χ4v) is 2.49. The number of nitrogens with two attached hydrogens (primary N) is 1. The number of benzene rings is 1. The Kier molecular flexibility index (Phi) is 6.67. The fraction of sp³-hybridized carbons (Fsp3) is 0.267. The maximum absolute atomic E-state index is 12.8. The highest BCUT2D eigenvalue weighted by Crippen LogP contribution is 2.13. The van der Waals surface area contributed by atoms with E-state index in [1.807, 2.05) is 0 Å². The summed E-state index contributed by atoms with van der Waals surface area (Å²) >= 11 is 0.892. The minimum absolute atomic E-state index is 0.0110. The van der Waals surface area contributed by atoms with E-state index >= 15 is 0 Å². The molecule has 138 valence electrons. The van der Waals surface area contributed by atoms with Crippen molar-refractivity contribution in [1.82, 2.24) is 14.9 Å². The van der Waals surface area contributed by atoms with Gasteiger partial charge in [0.2, 0.25) is 11.1 Å². The molecule has 26 heavy (non-hydrogen) atoms. The van der Waals surface area contributed by atoms with Gasteiger partial charge in [-0.2, -0.15) is 4.68 Å². The van der Waals surface area contributed by atoms with E-state index < -0.39 is 23.3 Å². The molecule has 0 spiro atoms. The third-order valence-corrected chi connectivity index (χ3v) is 3.95. The molecule has 0 saturated carbocycles. The molecule has 0 fully saturated rings. The molecule has 9 nitrogen and oxygen atoms in total. The Bertz CT molecular complexity index is 856. The maximum Gasteiger partial charge on any atom is 0.312 e. The Hall–Kier alpha value is -2.95. The third-order valence-electron chi connectivity index (χ3n) is 3.01. The van der Waals surface area contributed by atoms with Crippen molar-refractivity contribution in [3.05, 3.63) is 46.1 Å².